The molecule has 1 aromatic carbocycles. The molecule has 0 radical (unpaired) electrons. The number of hydrogen-bond acceptors (Lipinski definition) is 5. The molecule has 0 aliphatic heterocycles. The molecule has 0 heterocycles. The van der Waals surface area contributed by atoms with Crippen molar-refractivity contribution in [3.05, 3.63) is 39.9 Å². The number of carbonyl (C=O) groups excluding carboxylic acids is 1. The first-order chi connectivity index (χ1) is 7.63. The van der Waals surface area contributed by atoms with Gasteiger partial charge in [0.15, 0.2) is 6.07 Å². The van der Waals surface area contributed by atoms with Crippen molar-refractivity contribution in [3.8, 4) is 0 Å². The molecule has 0 aromatic heterocycles. The van der Waals surface area contributed by atoms with Crippen LogP contribution < -0.4 is 0 Å². The van der Waals surface area contributed by atoms with Crippen LogP contribution in [0.1, 0.15) is 5.56 Å². The van der Waals surface area contributed by atoms with E-state index in [2.05, 4.69) is 9.47 Å². The van der Waals surface area contributed by atoms with Crippen molar-refractivity contribution in [3.63, 3.8) is 0 Å². The summed E-state index contributed by atoms with van der Waals surface area (Å²) < 4.78 is 8.95. The highest BCUT2D eigenvalue weighted by atomic mass is 35.5. The van der Waals surface area contributed by atoms with Crippen molar-refractivity contribution >= 4 is 23.4 Å². The van der Waals surface area contributed by atoms with E-state index in [4.69, 9.17) is 11.6 Å². The number of ether oxygens (including phenoxy) is 2. The predicted molar refractivity (Wildman–Crippen MR) is 55.1 cm³/mol. The van der Waals surface area contributed by atoms with Gasteiger partial charge in [0.1, 0.15) is 6.61 Å². The van der Waals surface area contributed by atoms with Crippen molar-refractivity contribution in [2.45, 2.75) is 6.61 Å². The second-order valence-corrected chi connectivity index (χ2v) is 2.94. The van der Waals surface area contributed by atoms with Crippen molar-refractivity contribution in [1.82, 2.24) is 0 Å². The van der Waals surface area contributed by atoms with E-state index < -0.39 is 11.1 Å². The fourth-order valence-electron chi connectivity index (χ4n) is 0.988. The lowest BCUT2D eigenvalue weighted by Gasteiger charge is -2.03. The number of benzene rings is 1. The molecule has 1 rings (SSSR count). The molecule has 1 aromatic rings. The number of rotatable bonds is 4. The molecule has 0 saturated heterocycles. The highest BCUT2D eigenvalue weighted by Gasteiger charge is 2.08. The van der Waals surface area contributed by atoms with Gasteiger partial charge in [0.2, 0.25) is 0 Å². The molecule has 0 fully saturated rings. The van der Waals surface area contributed by atoms with Gasteiger partial charge < -0.3 is 9.47 Å². The Bertz CT molecular complexity index is 395. The molecule has 0 N–H and O–H groups in total. The summed E-state index contributed by atoms with van der Waals surface area (Å²) in [5.41, 5.74) is 0.438. The highest BCUT2D eigenvalue weighted by Crippen LogP contribution is 2.13. The first-order valence-corrected chi connectivity index (χ1v) is 4.76. The quantitative estimate of drug-likeness (QED) is 0.352. The second-order valence-electron chi connectivity index (χ2n) is 2.72. The summed E-state index contributed by atoms with van der Waals surface area (Å²) in [6.45, 7) is -0.0998. The minimum atomic E-state index is -0.915. The summed E-state index contributed by atoms with van der Waals surface area (Å²) in [6.07, 6.45) is -0.915. The van der Waals surface area contributed by atoms with Crippen LogP contribution >= 0.6 is 11.6 Å². The second kappa shape index (κ2) is 5.92. The van der Waals surface area contributed by atoms with Gasteiger partial charge in [-0.3, -0.25) is 10.1 Å². The van der Waals surface area contributed by atoms with E-state index in [1.54, 1.807) is 6.07 Å². The molecular formula is C9H8ClNO5. The van der Waals surface area contributed by atoms with Gasteiger partial charge in [0.05, 0.1) is 4.92 Å². The molecule has 0 unspecified atom stereocenters. The minimum absolute atomic E-state index is 0.0631. The number of nitro groups is 1. The van der Waals surface area contributed by atoms with Gasteiger partial charge in [-0.1, -0.05) is 23.7 Å². The van der Waals surface area contributed by atoms with Crippen LogP contribution in [0.25, 0.3) is 0 Å². The normalized spacial score (nSPS) is 9.56. The topological polar surface area (TPSA) is 78.7 Å². The van der Waals surface area contributed by atoms with E-state index in [0.29, 0.717) is 5.56 Å². The van der Waals surface area contributed by atoms with Gasteiger partial charge in [0, 0.05) is 12.1 Å². The molecule has 6 nitrogen and oxygen atoms in total. The first-order valence-electron chi connectivity index (χ1n) is 4.22. The molecule has 0 aliphatic rings. The van der Waals surface area contributed by atoms with E-state index >= 15 is 0 Å². The monoisotopic (exact) mass is 245 g/mol. The van der Waals surface area contributed by atoms with Crippen LogP contribution in [0, 0.1) is 10.1 Å². The number of alkyl halides is 1. The Morgan fingerprint density at radius 3 is 2.81 bits per heavy atom. The van der Waals surface area contributed by atoms with Crippen LogP contribution in [-0.4, -0.2) is 17.1 Å². The van der Waals surface area contributed by atoms with Crippen molar-refractivity contribution in [2.75, 3.05) is 6.07 Å². The Kier molecular flexibility index (Phi) is 4.53. The number of carbonyl (C=O) groups is 1. The Labute approximate surface area is 95.9 Å². The standard InChI is InChI=1S/C9H8ClNO5/c10-6-16-9(12)15-5-7-2-1-3-8(4-7)11(13)14/h1-4H,5-6H2. The summed E-state index contributed by atoms with van der Waals surface area (Å²) in [5, 5.41) is 10.4. The van der Waals surface area contributed by atoms with Gasteiger partial charge in [-0.05, 0) is 5.56 Å². The van der Waals surface area contributed by atoms with Gasteiger partial charge in [0.25, 0.3) is 5.69 Å². The third kappa shape index (κ3) is 3.74. The first kappa shape index (κ1) is 12.3. The third-order valence-electron chi connectivity index (χ3n) is 1.65. The van der Waals surface area contributed by atoms with Crippen LogP contribution in [0.2, 0.25) is 0 Å². The van der Waals surface area contributed by atoms with Gasteiger partial charge in [-0.2, -0.15) is 0 Å². The number of non-ortho nitro benzene ring substituents is 1. The number of hydrogen-bond donors (Lipinski definition) is 0. The lowest BCUT2D eigenvalue weighted by molar-refractivity contribution is -0.384. The molecule has 86 valence electrons. The maximum Gasteiger partial charge on any atom is 0.509 e. The van der Waals surface area contributed by atoms with E-state index in [-0.39, 0.29) is 18.4 Å². The van der Waals surface area contributed by atoms with E-state index in [1.807, 2.05) is 0 Å². The van der Waals surface area contributed by atoms with Crippen LogP contribution in [0.3, 0.4) is 0 Å². The summed E-state index contributed by atoms with van der Waals surface area (Å²) in [4.78, 5) is 20.7. The SMILES string of the molecule is O=C(OCCl)OCc1cccc([N+](=O)[O-])c1. The number of halogens is 1. The molecule has 16 heavy (non-hydrogen) atoms. The minimum Gasteiger partial charge on any atom is -0.429 e. The fourth-order valence-corrected chi connectivity index (χ4v) is 1.08. The summed E-state index contributed by atoms with van der Waals surface area (Å²) >= 11 is 5.13. The molecule has 0 saturated carbocycles. The summed E-state index contributed by atoms with van der Waals surface area (Å²) in [7, 11) is 0. The van der Waals surface area contributed by atoms with E-state index in [9.17, 15) is 14.9 Å². The van der Waals surface area contributed by atoms with Crippen LogP contribution in [0.5, 0.6) is 0 Å². The van der Waals surface area contributed by atoms with Crippen LogP contribution in [-0.2, 0) is 16.1 Å². The zero-order valence-electron chi connectivity index (χ0n) is 8.09. The van der Waals surface area contributed by atoms with E-state index in [1.165, 1.54) is 18.2 Å². The largest absolute Gasteiger partial charge is 0.509 e. The number of nitro benzene ring substituents is 1. The molecule has 0 spiro atoms. The molecule has 0 bridgehead atoms. The Morgan fingerprint density at radius 1 is 1.44 bits per heavy atom. The van der Waals surface area contributed by atoms with Gasteiger partial charge in [-0.25, -0.2) is 4.79 Å². The molecule has 7 heteroatoms. The number of nitrogens with zero attached hydrogens (tertiary/aromatic N) is 1. The maximum atomic E-state index is 10.8. The molecule has 0 aliphatic carbocycles. The maximum absolute atomic E-state index is 10.8. The van der Waals surface area contributed by atoms with Crippen molar-refractivity contribution in [2.24, 2.45) is 0 Å². The van der Waals surface area contributed by atoms with Crippen LogP contribution in [0.15, 0.2) is 24.3 Å². The van der Waals surface area contributed by atoms with Crippen molar-refractivity contribution < 1.29 is 19.2 Å². The average Bonchev–Trinajstić information content (AvgIpc) is 2.27. The van der Waals surface area contributed by atoms with Gasteiger partial charge >= 0.3 is 6.16 Å². The average molecular weight is 246 g/mol. The summed E-state index contributed by atoms with van der Waals surface area (Å²) in [6, 6.07) is 5.47. The Balaban J connectivity index is 2.57. The zero-order chi connectivity index (χ0) is 12.0. The zero-order valence-corrected chi connectivity index (χ0v) is 8.85. The molecular weight excluding hydrogens is 238 g/mol. The molecule has 0 atom stereocenters. The fraction of sp³-hybridized carbons (Fsp3) is 0.222. The van der Waals surface area contributed by atoms with E-state index in [0.717, 1.165) is 0 Å². The lowest BCUT2D eigenvalue weighted by Crippen LogP contribution is -2.06. The Hall–Kier alpha value is -1.82. The smallest absolute Gasteiger partial charge is 0.429 e. The van der Waals surface area contributed by atoms with Crippen LogP contribution in [0.4, 0.5) is 10.5 Å². The van der Waals surface area contributed by atoms with Crippen molar-refractivity contribution in [1.29, 1.82) is 0 Å². The predicted octanol–water partition coefficient (Wildman–Crippen LogP) is 2.44. The lowest BCUT2D eigenvalue weighted by atomic mass is 10.2. The Morgan fingerprint density at radius 2 is 2.19 bits per heavy atom. The summed E-state index contributed by atoms with van der Waals surface area (Å²) in [5.74, 6) is 0. The van der Waals surface area contributed by atoms with Gasteiger partial charge in [-0.15, -0.1) is 0 Å². The highest BCUT2D eigenvalue weighted by molar-refractivity contribution is 6.17. The third-order valence-corrected chi connectivity index (χ3v) is 1.76. The molecule has 0 amide bonds.